The molecule has 9 heteroatoms. The fourth-order valence-corrected chi connectivity index (χ4v) is 3.67. The SMILES string of the molecule is CN1CC(C(=O)NCC2CCN(C(=O)c3ccc(Cl)c(Cl)c3)CC2)=C(O)C1=O. The number of amides is 3. The van der Waals surface area contributed by atoms with Gasteiger partial charge in [0.05, 0.1) is 22.2 Å². The number of piperidine rings is 1. The molecule has 2 N–H and O–H groups in total. The first-order chi connectivity index (χ1) is 13.3. The molecule has 0 saturated carbocycles. The molecule has 0 radical (unpaired) electrons. The Hall–Kier alpha value is -2.25. The number of hydrogen-bond acceptors (Lipinski definition) is 4. The quantitative estimate of drug-likeness (QED) is 0.773. The lowest BCUT2D eigenvalue weighted by atomic mass is 9.96. The van der Waals surface area contributed by atoms with E-state index in [-0.39, 0.29) is 23.9 Å². The molecule has 3 amide bonds. The van der Waals surface area contributed by atoms with Crippen molar-refractivity contribution in [2.45, 2.75) is 12.8 Å². The number of likely N-dealkylation sites (N-methyl/N-ethyl adjacent to an activating group) is 1. The van der Waals surface area contributed by atoms with E-state index < -0.39 is 17.6 Å². The summed E-state index contributed by atoms with van der Waals surface area (Å²) in [6.07, 6.45) is 1.49. The second kappa shape index (κ2) is 8.41. The number of carbonyl (C=O) groups is 3. The molecule has 2 aliphatic rings. The molecule has 0 atom stereocenters. The maximum Gasteiger partial charge on any atom is 0.289 e. The van der Waals surface area contributed by atoms with Gasteiger partial charge in [0.25, 0.3) is 17.7 Å². The zero-order chi connectivity index (χ0) is 20.4. The summed E-state index contributed by atoms with van der Waals surface area (Å²) in [5.74, 6) is -1.33. The van der Waals surface area contributed by atoms with Gasteiger partial charge in [-0.15, -0.1) is 0 Å². The average Bonchev–Trinajstić information content (AvgIpc) is 2.95. The van der Waals surface area contributed by atoms with E-state index >= 15 is 0 Å². The molecule has 1 fully saturated rings. The average molecular weight is 426 g/mol. The first kappa shape index (κ1) is 20.5. The third-order valence-electron chi connectivity index (χ3n) is 5.12. The van der Waals surface area contributed by atoms with Crippen LogP contribution in [0.4, 0.5) is 0 Å². The number of rotatable bonds is 4. The van der Waals surface area contributed by atoms with E-state index in [0.717, 1.165) is 12.8 Å². The number of likely N-dealkylation sites (tertiary alicyclic amines) is 1. The van der Waals surface area contributed by atoms with E-state index in [0.29, 0.717) is 35.2 Å². The molecule has 2 aliphatic heterocycles. The van der Waals surface area contributed by atoms with E-state index in [9.17, 15) is 19.5 Å². The standard InChI is InChI=1S/C19H21Cl2N3O4/c1-23-10-13(16(25)19(23)28)17(26)22-9-11-4-6-24(7-5-11)18(27)12-2-3-14(20)15(21)8-12/h2-3,8,11,25H,4-7,9-10H2,1H3,(H,22,26). The molecule has 7 nitrogen and oxygen atoms in total. The summed E-state index contributed by atoms with van der Waals surface area (Å²) in [7, 11) is 1.53. The molecule has 0 bridgehead atoms. The first-order valence-corrected chi connectivity index (χ1v) is 9.73. The number of aliphatic hydroxyl groups excluding tert-OH is 1. The van der Waals surface area contributed by atoms with Crippen molar-refractivity contribution in [3.8, 4) is 0 Å². The molecule has 2 heterocycles. The van der Waals surface area contributed by atoms with Crippen LogP contribution in [0.15, 0.2) is 29.5 Å². The minimum Gasteiger partial charge on any atom is -0.503 e. The van der Waals surface area contributed by atoms with Crippen molar-refractivity contribution in [2.75, 3.05) is 33.2 Å². The van der Waals surface area contributed by atoms with E-state index in [2.05, 4.69) is 5.32 Å². The van der Waals surface area contributed by atoms with Gasteiger partial charge in [0, 0.05) is 32.2 Å². The summed E-state index contributed by atoms with van der Waals surface area (Å²) in [5.41, 5.74) is 0.596. The van der Waals surface area contributed by atoms with Gasteiger partial charge >= 0.3 is 0 Å². The van der Waals surface area contributed by atoms with Crippen LogP contribution in [0.3, 0.4) is 0 Å². The van der Waals surface area contributed by atoms with Gasteiger partial charge in [-0.2, -0.15) is 0 Å². The molecule has 0 unspecified atom stereocenters. The van der Waals surface area contributed by atoms with Gasteiger partial charge in [0.1, 0.15) is 0 Å². The number of aliphatic hydroxyl groups is 1. The van der Waals surface area contributed by atoms with Crippen LogP contribution >= 0.6 is 23.2 Å². The number of nitrogens with one attached hydrogen (secondary N) is 1. The molecule has 1 aromatic rings. The van der Waals surface area contributed by atoms with Crippen LogP contribution in [0, 0.1) is 5.92 Å². The van der Waals surface area contributed by atoms with Crippen molar-refractivity contribution in [1.82, 2.24) is 15.1 Å². The highest BCUT2D eigenvalue weighted by Gasteiger charge is 2.32. The predicted molar refractivity (Wildman–Crippen MR) is 105 cm³/mol. The van der Waals surface area contributed by atoms with Crippen molar-refractivity contribution in [3.63, 3.8) is 0 Å². The Morgan fingerprint density at radius 1 is 1.21 bits per heavy atom. The number of nitrogens with zero attached hydrogens (tertiary/aromatic N) is 2. The second-order valence-corrected chi connectivity index (χ2v) is 7.88. The van der Waals surface area contributed by atoms with Crippen LogP contribution < -0.4 is 5.32 Å². The second-order valence-electron chi connectivity index (χ2n) is 7.06. The largest absolute Gasteiger partial charge is 0.503 e. The van der Waals surface area contributed by atoms with Gasteiger partial charge < -0.3 is 20.2 Å². The molecule has 0 spiro atoms. The van der Waals surface area contributed by atoms with Crippen LogP contribution in [0.5, 0.6) is 0 Å². The van der Waals surface area contributed by atoms with Crippen LogP contribution in [-0.4, -0.2) is 65.9 Å². The highest BCUT2D eigenvalue weighted by atomic mass is 35.5. The van der Waals surface area contributed by atoms with Crippen LogP contribution in [0.25, 0.3) is 0 Å². The lowest BCUT2D eigenvalue weighted by molar-refractivity contribution is -0.126. The van der Waals surface area contributed by atoms with Gasteiger partial charge in [-0.1, -0.05) is 23.2 Å². The van der Waals surface area contributed by atoms with Gasteiger partial charge in [-0.25, -0.2) is 0 Å². The predicted octanol–water partition coefficient (Wildman–Crippen LogP) is 2.25. The summed E-state index contributed by atoms with van der Waals surface area (Å²) >= 11 is 11.9. The maximum absolute atomic E-state index is 12.6. The third kappa shape index (κ3) is 4.25. The summed E-state index contributed by atoms with van der Waals surface area (Å²) in [6, 6.07) is 4.83. The van der Waals surface area contributed by atoms with Crippen LogP contribution in [-0.2, 0) is 9.59 Å². The number of hydrogen-bond donors (Lipinski definition) is 2. The maximum atomic E-state index is 12.6. The van der Waals surface area contributed by atoms with E-state index in [1.807, 2.05) is 0 Å². The third-order valence-corrected chi connectivity index (χ3v) is 5.86. The fraction of sp³-hybridized carbons (Fsp3) is 0.421. The lowest BCUT2D eigenvalue weighted by Crippen LogP contribution is -2.42. The zero-order valence-corrected chi connectivity index (χ0v) is 16.9. The topological polar surface area (TPSA) is 90.0 Å². The molecule has 1 saturated heterocycles. The van der Waals surface area contributed by atoms with Crippen molar-refractivity contribution < 1.29 is 19.5 Å². The van der Waals surface area contributed by atoms with Crippen molar-refractivity contribution in [3.05, 3.63) is 45.1 Å². The molecule has 28 heavy (non-hydrogen) atoms. The molecule has 3 rings (SSSR count). The molecular formula is C19H21Cl2N3O4. The van der Waals surface area contributed by atoms with E-state index in [1.54, 1.807) is 23.1 Å². The monoisotopic (exact) mass is 425 g/mol. The van der Waals surface area contributed by atoms with Crippen LogP contribution in [0.1, 0.15) is 23.2 Å². The van der Waals surface area contributed by atoms with Gasteiger partial charge in [-0.05, 0) is 37.0 Å². The van der Waals surface area contributed by atoms with Crippen molar-refractivity contribution in [2.24, 2.45) is 5.92 Å². The Kier molecular flexibility index (Phi) is 6.15. The Bertz CT molecular complexity index is 848. The fourth-order valence-electron chi connectivity index (χ4n) is 3.37. The zero-order valence-electron chi connectivity index (χ0n) is 15.4. The van der Waals surface area contributed by atoms with Gasteiger partial charge in [-0.3, -0.25) is 14.4 Å². The first-order valence-electron chi connectivity index (χ1n) is 8.98. The summed E-state index contributed by atoms with van der Waals surface area (Å²) < 4.78 is 0. The molecule has 0 aliphatic carbocycles. The van der Waals surface area contributed by atoms with Gasteiger partial charge in [0.15, 0.2) is 5.76 Å². The minimum atomic E-state index is -0.542. The Labute approximate surface area is 172 Å². The summed E-state index contributed by atoms with van der Waals surface area (Å²) in [5, 5.41) is 13.3. The molecular weight excluding hydrogens is 405 g/mol. The molecule has 0 aromatic heterocycles. The Morgan fingerprint density at radius 3 is 2.46 bits per heavy atom. The van der Waals surface area contributed by atoms with Crippen molar-refractivity contribution >= 4 is 40.9 Å². The number of halogens is 2. The highest BCUT2D eigenvalue weighted by Crippen LogP contribution is 2.25. The highest BCUT2D eigenvalue weighted by molar-refractivity contribution is 6.42. The lowest BCUT2D eigenvalue weighted by Gasteiger charge is -2.32. The van der Waals surface area contributed by atoms with Gasteiger partial charge in [0.2, 0.25) is 0 Å². The number of benzene rings is 1. The summed E-state index contributed by atoms with van der Waals surface area (Å²) in [6.45, 7) is 1.69. The van der Waals surface area contributed by atoms with E-state index in [1.165, 1.54) is 11.9 Å². The number of carbonyl (C=O) groups excluding carboxylic acids is 3. The summed E-state index contributed by atoms with van der Waals surface area (Å²) in [4.78, 5) is 39.4. The Morgan fingerprint density at radius 2 is 1.89 bits per heavy atom. The Balaban J connectivity index is 1.49. The smallest absolute Gasteiger partial charge is 0.289 e. The minimum absolute atomic E-state index is 0.0939. The van der Waals surface area contributed by atoms with E-state index in [4.69, 9.17) is 23.2 Å². The van der Waals surface area contributed by atoms with Crippen LogP contribution in [0.2, 0.25) is 10.0 Å². The molecule has 150 valence electrons. The van der Waals surface area contributed by atoms with Crippen molar-refractivity contribution in [1.29, 1.82) is 0 Å². The normalized spacial score (nSPS) is 18.0. The molecule has 1 aromatic carbocycles.